The highest BCUT2D eigenvalue weighted by Crippen LogP contribution is 2.26. The fraction of sp³-hybridized carbons (Fsp3) is 0.500. The molecule has 0 N–H and O–H groups in total. The molecule has 0 amide bonds. The Labute approximate surface area is 133 Å². The summed E-state index contributed by atoms with van der Waals surface area (Å²) in [6, 6.07) is 10.5. The Hall–Kier alpha value is -1.70. The van der Waals surface area contributed by atoms with Gasteiger partial charge in [0.05, 0.1) is 5.52 Å². The molecule has 0 saturated heterocycles. The Kier molecular flexibility index (Phi) is 5.20. The number of carbonyl (C=O) groups is 1. The van der Waals surface area contributed by atoms with E-state index in [4.69, 9.17) is 0 Å². The number of unbranched alkanes of at least 4 members (excludes halogenated alkanes) is 1. The lowest BCUT2D eigenvalue weighted by Gasteiger charge is -2.20. The Balaban J connectivity index is 1.49. The van der Waals surface area contributed by atoms with Gasteiger partial charge >= 0.3 is 0 Å². The zero-order valence-electron chi connectivity index (χ0n) is 13.3. The quantitative estimate of drug-likeness (QED) is 0.694. The summed E-state index contributed by atoms with van der Waals surface area (Å²) in [4.78, 5) is 16.7. The number of benzene rings is 1. The predicted octanol–water partition coefficient (Wildman–Crippen LogP) is 5.10. The largest absolute Gasteiger partial charge is 0.299 e. The molecule has 0 bridgehead atoms. The van der Waals surface area contributed by atoms with Gasteiger partial charge in [0.1, 0.15) is 5.78 Å². The molecule has 22 heavy (non-hydrogen) atoms. The molecule has 2 nitrogen and oxygen atoms in total. The molecule has 1 fully saturated rings. The number of nitrogens with zero attached hydrogens (tertiary/aromatic N) is 1. The van der Waals surface area contributed by atoms with Crippen molar-refractivity contribution in [2.24, 2.45) is 5.92 Å². The van der Waals surface area contributed by atoms with Crippen LogP contribution in [0.15, 0.2) is 36.5 Å². The summed E-state index contributed by atoms with van der Waals surface area (Å²) in [5, 5.41) is 1.21. The number of hydrogen-bond acceptors (Lipinski definition) is 2. The zero-order chi connectivity index (χ0) is 15.2. The fourth-order valence-corrected chi connectivity index (χ4v) is 3.61. The van der Waals surface area contributed by atoms with E-state index in [9.17, 15) is 4.79 Å². The Bertz CT molecular complexity index is 623. The second-order valence-corrected chi connectivity index (χ2v) is 6.50. The van der Waals surface area contributed by atoms with Crippen molar-refractivity contribution in [3.8, 4) is 0 Å². The maximum Gasteiger partial charge on any atom is 0.135 e. The molecule has 1 aliphatic rings. The first-order valence-electron chi connectivity index (χ1n) is 8.70. The number of carbonyl (C=O) groups excluding carboxylic acids is 1. The highest BCUT2D eigenvalue weighted by Gasteiger charge is 2.20. The lowest BCUT2D eigenvalue weighted by Crippen LogP contribution is -2.17. The minimum Gasteiger partial charge on any atom is -0.299 e. The van der Waals surface area contributed by atoms with Gasteiger partial charge in [-0.2, -0.15) is 0 Å². The minimum absolute atomic E-state index is 0.368. The third-order valence-electron chi connectivity index (χ3n) is 4.90. The van der Waals surface area contributed by atoms with Crippen LogP contribution in [0.5, 0.6) is 0 Å². The second kappa shape index (κ2) is 7.53. The molecular weight excluding hydrogens is 270 g/mol. The van der Waals surface area contributed by atoms with E-state index >= 15 is 0 Å². The van der Waals surface area contributed by atoms with Crippen molar-refractivity contribution < 1.29 is 4.79 Å². The van der Waals surface area contributed by atoms with E-state index in [1.807, 2.05) is 12.3 Å². The van der Waals surface area contributed by atoms with Crippen LogP contribution in [0.3, 0.4) is 0 Å². The average molecular weight is 295 g/mol. The first-order valence-corrected chi connectivity index (χ1v) is 8.70. The van der Waals surface area contributed by atoms with Crippen LogP contribution in [0.4, 0.5) is 0 Å². The molecule has 1 saturated carbocycles. The first kappa shape index (κ1) is 15.2. The summed E-state index contributed by atoms with van der Waals surface area (Å²) in [7, 11) is 0. The summed E-state index contributed by atoms with van der Waals surface area (Å²) >= 11 is 0. The third-order valence-corrected chi connectivity index (χ3v) is 4.90. The van der Waals surface area contributed by atoms with Crippen LogP contribution in [0.1, 0.15) is 56.9 Å². The average Bonchev–Trinajstić information content (AvgIpc) is 2.59. The van der Waals surface area contributed by atoms with E-state index in [1.165, 1.54) is 30.2 Å². The molecule has 1 aliphatic carbocycles. The van der Waals surface area contributed by atoms with Crippen LogP contribution in [0.2, 0.25) is 0 Å². The SMILES string of the molecule is O=C(CCCCc1cccc2cccnc12)C1CCCCC1. The summed E-state index contributed by atoms with van der Waals surface area (Å²) in [6.07, 6.45) is 11.8. The van der Waals surface area contributed by atoms with Crippen LogP contribution in [0, 0.1) is 5.92 Å². The molecular formula is C20H25NO. The van der Waals surface area contributed by atoms with Gasteiger partial charge in [0.25, 0.3) is 0 Å². The minimum atomic E-state index is 0.368. The molecule has 2 aromatic rings. The van der Waals surface area contributed by atoms with Gasteiger partial charge < -0.3 is 0 Å². The summed E-state index contributed by atoms with van der Waals surface area (Å²) < 4.78 is 0. The van der Waals surface area contributed by atoms with Crippen molar-refractivity contribution in [2.75, 3.05) is 0 Å². The van der Waals surface area contributed by atoms with E-state index in [-0.39, 0.29) is 0 Å². The number of hydrogen-bond donors (Lipinski definition) is 0. The molecule has 0 unspecified atom stereocenters. The molecule has 0 atom stereocenters. The van der Waals surface area contributed by atoms with Crippen LogP contribution >= 0.6 is 0 Å². The van der Waals surface area contributed by atoms with Crippen molar-refractivity contribution in [3.63, 3.8) is 0 Å². The van der Waals surface area contributed by atoms with Crippen LogP contribution in [-0.4, -0.2) is 10.8 Å². The van der Waals surface area contributed by atoms with E-state index in [1.54, 1.807) is 0 Å². The molecule has 3 rings (SSSR count). The second-order valence-electron chi connectivity index (χ2n) is 6.50. The van der Waals surface area contributed by atoms with Crippen molar-refractivity contribution in [1.29, 1.82) is 0 Å². The van der Waals surface area contributed by atoms with Gasteiger partial charge in [0.2, 0.25) is 0 Å². The topological polar surface area (TPSA) is 30.0 Å². The van der Waals surface area contributed by atoms with Gasteiger partial charge in [0, 0.05) is 23.9 Å². The number of fused-ring (bicyclic) bond motifs is 1. The molecule has 1 heterocycles. The molecule has 2 heteroatoms. The normalized spacial score (nSPS) is 16.0. The van der Waals surface area contributed by atoms with Crippen LogP contribution in [-0.2, 0) is 11.2 Å². The molecule has 1 aromatic carbocycles. The lowest BCUT2D eigenvalue weighted by molar-refractivity contribution is -0.123. The standard InChI is InChI=1S/C20H25NO/c22-19(16-8-2-1-3-9-16)14-5-4-10-17-11-6-12-18-13-7-15-21-20(17)18/h6-7,11-13,15-16H,1-5,8-10,14H2. The van der Waals surface area contributed by atoms with Crippen LogP contribution in [0.25, 0.3) is 10.9 Å². The van der Waals surface area contributed by atoms with Crippen molar-refractivity contribution in [2.45, 2.75) is 57.8 Å². The van der Waals surface area contributed by atoms with Crippen molar-refractivity contribution >= 4 is 16.7 Å². The van der Waals surface area contributed by atoms with E-state index in [0.717, 1.165) is 44.0 Å². The Morgan fingerprint density at radius 1 is 1.05 bits per heavy atom. The maximum absolute atomic E-state index is 12.2. The Morgan fingerprint density at radius 3 is 2.73 bits per heavy atom. The third kappa shape index (κ3) is 3.73. The summed E-state index contributed by atoms with van der Waals surface area (Å²) in [5.74, 6) is 0.878. The van der Waals surface area contributed by atoms with Crippen LogP contribution < -0.4 is 0 Å². The van der Waals surface area contributed by atoms with Gasteiger partial charge in [-0.3, -0.25) is 9.78 Å². The lowest BCUT2D eigenvalue weighted by atomic mass is 9.84. The number of Topliss-reactive ketones (excluding diaryl/α,β-unsaturated/α-hetero) is 1. The number of pyridine rings is 1. The van der Waals surface area contributed by atoms with Crippen molar-refractivity contribution in [3.05, 3.63) is 42.1 Å². The van der Waals surface area contributed by atoms with Gasteiger partial charge in [-0.1, -0.05) is 43.5 Å². The van der Waals surface area contributed by atoms with E-state index < -0.39 is 0 Å². The highest BCUT2D eigenvalue weighted by molar-refractivity contribution is 5.82. The molecule has 0 spiro atoms. The monoisotopic (exact) mass is 295 g/mol. The fourth-order valence-electron chi connectivity index (χ4n) is 3.61. The number of ketones is 1. The first-order chi connectivity index (χ1) is 10.8. The molecule has 1 aromatic heterocycles. The van der Waals surface area contributed by atoms with Gasteiger partial charge in [0.15, 0.2) is 0 Å². The maximum atomic E-state index is 12.2. The zero-order valence-corrected chi connectivity index (χ0v) is 13.3. The molecule has 116 valence electrons. The van der Waals surface area contributed by atoms with E-state index in [2.05, 4.69) is 29.2 Å². The van der Waals surface area contributed by atoms with Crippen molar-refractivity contribution in [1.82, 2.24) is 4.98 Å². The number of aryl methyl sites for hydroxylation is 1. The van der Waals surface area contributed by atoms with Gasteiger partial charge in [-0.05, 0) is 43.7 Å². The molecule has 0 radical (unpaired) electrons. The predicted molar refractivity (Wildman–Crippen MR) is 90.9 cm³/mol. The Morgan fingerprint density at radius 2 is 1.86 bits per heavy atom. The summed E-state index contributed by atoms with van der Waals surface area (Å²) in [5.41, 5.74) is 2.42. The van der Waals surface area contributed by atoms with E-state index in [0.29, 0.717) is 11.7 Å². The highest BCUT2D eigenvalue weighted by atomic mass is 16.1. The number of para-hydroxylation sites is 1. The van der Waals surface area contributed by atoms with Gasteiger partial charge in [-0.15, -0.1) is 0 Å². The molecule has 0 aliphatic heterocycles. The number of aromatic nitrogens is 1. The smallest absolute Gasteiger partial charge is 0.135 e. The summed E-state index contributed by atoms with van der Waals surface area (Å²) in [6.45, 7) is 0. The number of rotatable bonds is 6. The van der Waals surface area contributed by atoms with Gasteiger partial charge in [-0.25, -0.2) is 0 Å².